The van der Waals surface area contributed by atoms with Crippen molar-refractivity contribution in [3.05, 3.63) is 83.6 Å². The summed E-state index contributed by atoms with van der Waals surface area (Å²) in [4.78, 5) is 0. The van der Waals surface area contributed by atoms with E-state index in [0.29, 0.717) is 16.4 Å². The molecule has 0 aliphatic heterocycles. The molecule has 1 aromatic rings. The van der Waals surface area contributed by atoms with Crippen molar-refractivity contribution in [3.63, 3.8) is 0 Å². The fraction of sp³-hybridized carbons (Fsp3) is 0. The van der Waals surface area contributed by atoms with E-state index in [4.69, 9.17) is 11.5 Å². The molecule has 4 nitrogen and oxygen atoms in total. The minimum Gasteiger partial charge on any atom is -0.508 e. The summed E-state index contributed by atoms with van der Waals surface area (Å²) in [6.07, 6.45) is 6.86. The number of phenols is 1. The molecule has 6 N–H and O–H groups in total. The minimum absolute atomic E-state index is 0.189. The summed E-state index contributed by atoms with van der Waals surface area (Å²) in [6.45, 7) is 7.43. The summed E-state index contributed by atoms with van der Waals surface area (Å²) in [6, 6.07) is 6.77. The topological polar surface area (TPSA) is 84.3 Å². The van der Waals surface area contributed by atoms with Crippen molar-refractivity contribution >= 4 is 17.4 Å². The maximum atomic E-state index is 9.37. The van der Waals surface area contributed by atoms with E-state index < -0.39 is 0 Å². The number of nitrogens with two attached hydrogens (primary N) is 2. The molecule has 0 heterocycles. The SMILES string of the molecule is C=C\C=C/C=C(N)/C(N)=C/SC(=C)Nc1cccc(O)c1. The van der Waals surface area contributed by atoms with Crippen LogP contribution in [0.5, 0.6) is 5.75 Å². The van der Waals surface area contributed by atoms with Crippen LogP contribution in [0, 0.1) is 0 Å². The van der Waals surface area contributed by atoms with Gasteiger partial charge in [0.1, 0.15) is 5.75 Å². The normalized spacial score (nSPS) is 12.4. The van der Waals surface area contributed by atoms with Crippen LogP contribution < -0.4 is 16.8 Å². The van der Waals surface area contributed by atoms with Gasteiger partial charge in [-0.2, -0.15) is 0 Å². The second-order valence-electron chi connectivity index (χ2n) is 4.03. The van der Waals surface area contributed by atoms with Crippen molar-refractivity contribution in [1.82, 2.24) is 0 Å². The standard InChI is InChI=1S/C16H19N3OS/c1-3-4-5-9-15(17)16(18)11-21-12(2)19-13-7-6-8-14(20)10-13/h3-11,19-20H,1-2,17-18H2/b5-4-,15-9-,16-11-. The predicted molar refractivity (Wildman–Crippen MR) is 92.3 cm³/mol. The molecule has 0 atom stereocenters. The van der Waals surface area contributed by atoms with Gasteiger partial charge in [0.05, 0.1) is 16.4 Å². The number of benzene rings is 1. The second-order valence-corrected chi connectivity index (χ2v) is 5.00. The Morgan fingerprint density at radius 2 is 2.00 bits per heavy atom. The highest BCUT2D eigenvalue weighted by Gasteiger charge is 1.98. The number of aromatic hydroxyl groups is 1. The van der Waals surface area contributed by atoms with Crippen LogP contribution in [-0.2, 0) is 0 Å². The van der Waals surface area contributed by atoms with Crippen LogP contribution in [0.25, 0.3) is 0 Å². The summed E-state index contributed by atoms with van der Waals surface area (Å²) >= 11 is 1.31. The van der Waals surface area contributed by atoms with Gasteiger partial charge in [0.15, 0.2) is 0 Å². The fourth-order valence-corrected chi connectivity index (χ4v) is 1.89. The molecule has 0 bridgehead atoms. The largest absolute Gasteiger partial charge is 0.508 e. The van der Waals surface area contributed by atoms with Crippen LogP contribution in [-0.4, -0.2) is 5.11 Å². The van der Waals surface area contributed by atoms with Crippen molar-refractivity contribution < 1.29 is 5.11 Å². The molecule has 0 aliphatic rings. The first-order valence-corrected chi connectivity index (χ1v) is 7.03. The molecule has 0 fully saturated rings. The summed E-state index contributed by atoms with van der Waals surface area (Å²) in [5.41, 5.74) is 13.3. The molecule has 0 saturated carbocycles. The van der Waals surface area contributed by atoms with Crippen LogP contribution in [0.4, 0.5) is 5.69 Å². The first kappa shape index (κ1) is 16.5. The molecule has 0 spiro atoms. The molecule has 110 valence electrons. The van der Waals surface area contributed by atoms with Gasteiger partial charge in [-0.15, -0.1) is 0 Å². The van der Waals surface area contributed by atoms with Gasteiger partial charge in [-0.05, 0) is 18.2 Å². The van der Waals surface area contributed by atoms with Crippen LogP contribution in [0.2, 0.25) is 0 Å². The van der Waals surface area contributed by atoms with Crippen LogP contribution in [0.3, 0.4) is 0 Å². The van der Waals surface area contributed by atoms with E-state index in [1.165, 1.54) is 11.8 Å². The summed E-state index contributed by atoms with van der Waals surface area (Å²) in [5.74, 6) is 0.189. The second kappa shape index (κ2) is 8.60. The number of anilines is 1. The van der Waals surface area contributed by atoms with Gasteiger partial charge in [0.25, 0.3) is 0 Å². The Morgan fingerprint density at radius 1 is 1.24 bits per heavy atom. The highest BCUT2D eigenvalue weighted by atomic mass is 32.2. The summed E-state index contributed by atoms with van der Waals surface area (Å²) in [5, 5.41) is 14.8. The van der Waals surface area contributed by atoms with Gasteiger partial charge in [-0.25, -0.2) is 0 Å². The molecule has 1 rings (SSSR count). The smallest absolute Gasteiger partial charge is 0.117 e. The zero-order valence-electron chi connectivity index (χ0n) is 11.6. The van der Waals surface area contributed by atoms with Crippen molar-refractivity contribution in [2.75, 3.05) is 5.32 Å². The third kappa shape index (κ3) is 6.44. The van der Waals surface area contributed by atoms with Crippen LogP contribution in [0.15, 0.2) is 83.6 Å². The number of rotatable bonds is 7. The van der Waals surface area contributed by atoms with Crippen LogP contribution >= 0.6 is 11.8 Å². The Labute approximate surface area is 129 Å². The Kier molecular flexibility index (Phi) is 6.77. The first-order valence-electron chi connectivity index (χ1n) is 6.15. The highest BCUT2D eigenvalue weighted by Crippen LogP contribution is 2.22. The van der Waals surface area contributed by atoms with E-state index in [9.17, 15) is 5.11 Å². The van der Waals surface area contributed by atoms with Gasteiger partial charge < -0.3 is 21.9 Å². The lowest BCUT2D eigenvalue weighted by Crippen LogP contribution is -2.08. The Morgan fingerprint density at radius 3 is 2.67 bits per heavy atom. The highest BCUT2D eigenvalue weighted by molar-refractivity contribution is 8.05. The van der Waals surface area contributed by atoms with E-state index in [0.717, 1.165) is 5.69 Å². The Bertz CT molecular complexity index is 603. The Balaban J connectivity index is 2.58. The molecule has 0 radical (unpaired) electrons. The van der Waals surface area contributed by atoms with E-state index in [1.54, 1.807) is 47.9 Å². The van der Waals surface area contributed by atoms with Gasteiger partial charge in [-0.3, -0.25) is 0 Å². The molecule has 0 amide bonds. The van der Waals surface area contributed by atoms with Crippen molar-refractivity contribution in [2.24, 2.45) is 11.5 Å². The number of hydrogen-bond donors (Lipinski definition) is 4. The first-order chi connectivity index (χ1) is 10.0. The molecular formula is C16H19N3OS. The minimum atomic E-state index is 0.189. The number of nitrogens with one attached hydrogen (secondary N) is 1. The molecular weight excluding hydrogens is 282 g/mol. The van der Waals surface area contributed by atoms with Gasteiger partial charge in [-0.1, -0.05) is 49.2 Å². The monoisotopic (exact) mass is 301 g/mol. The molecule has 1 aromatic carbocycles. The number of allylic oxidation sites excluding steroid dienone is 4. The van der Waals surface area contributed by atoms with E-state index in [-0.39, 0.29) is 5.75 Å². The van der Waals surface area contributed by atoms with E-state index >= 15 is 0 Å². The zero-order chi connectivity index (χ0) is 15.7. The third-order valence-electron chi connectivity index (χ3n) is 2.31. The third-order valence-corrected chi connectivity index (χ3v) is 3.07. The molecule has 21 heavy (non-hydrogen) atoms. The number of hydrogen-bond acceptors (Lipinski definition) is 5. The van der Waals surface area contributed by atoms with E-state index in [1.807, 2.05) is 6.07 Å². The summed E-state index contributed by atoms with van der Waals surface area (Å²) < 4.78 is 0. The fourth-order valence-electron chi connectivity index (χ4n) is 1.31. The average Bonchev–Trinajstić information content (AvgIpc) is 2.45. The maximum Gasteiger partial charge on any atom is 0.117 e. The van der Waals surface area contributed by atoms with E-state index in [2.05, 4.69) is 18.5 Å². The lowest BCUT2D eigenvalue weighted by atomic mass is 10.3. The predicted octanol–water partition coefficient (Wildman–Crippen LogP) is 3.39. The lowest BCUT2D eigenvalue weighted by molar-refractivity contribution is 0.475. The van der Waals surface area contributed by atoms with Gasteiger partial charge >= 0.3 is 0 Å². The van der Waals surface area contributed by atoms with Gasteiger partial charge in [0, 0.05) is 17.2 Å². The van der Waals surface area contributed by atoms with Gasteiger partial charge in [0.2, 0.25) is 0 Å². The quantitative estimate of drug-likeness (QED) is 0.580. The molecule has 5 heteroatoms. The lowest BCUT2D eigenvalue weighted by Gasteiger charge is -2.08. The molecule has 0 aliphatic carbocycles. The maximum absolute atomic E-state index is 9.37. The van der Waals surface area contributed by atoms with Crippen molar-refractivity contribution in [1.29, 1.82) is 0 Å². The van der Waals surface area contributed by atoms with Crippen LogP contribution in [0.1, 0.15) is 0 Å². The molecule has 0 saturated heterocycles. The van der Waals surface area contributed by atoms with Crippen molar-refractivity contribution in [3.8, 4) is 5.75 Å². The summed E-state index contributed by atoms with van der Waals surface area (Å²) in [7, 11) is 0. The molecule has 0 aromatic heterocycles. The van der Waals surface area contributed by atoms with Crippen molar-refractivity contribution in [2.45, 2.75) is 0 Å². The average molecular weight is 301 g/mol. The number of phenolic OH excluding ortho intramolecular Hbond substituents is 1. The molecule has 0 unspecified atom stereocenters. The Hall–Kier alpha value is -2.53. The zero-order valence-corrected chi connectivity index (χ0v) is 12.4. The number of thioether (sulfide) groups is 1.